The lowest BCUT2D eigenvalue weighted by Crippen LogP contribution is -2.47. The lowest BCUT2D eigenvalue weighted by molar-refractivity contribution is -0.135. The van der Waals surface area contributed by atoms with Gasteiger partial charge in [0.25, 0.3) is 5.91 Å². The number of aryl methyl sites for hydroxylation is 2. The molecule has 0 atom stereocenters. The number of fused-ring (bicyclic) bond motifs is 1. The summed E-state index contributed by atoms with van der Waals surface area (Å²) in [5.41, 5.74) is 3.72. The molecule has 9 nitrogen and oxygen atoms in total. The van der Waals surface area contributed by atoms with Crippen molar-refractivity contribution in [3.63, 3.8) is 0 Å². The molecule has 0 unspecified atom stereocenters. The Bertz CT molecular complexity index is 1500. The molecule has 1 aliphatic heterocycles. The molecular weight excluding hydrogens is 544 g/mol. The third kappa shape index (κ3) is 8.00. The average Bonchev–Trinajstić information content (AvgIpc) is 3.82. The summed E-state index contributed by atoms with van der Waals surface area (Å²) < 4.78 is 11.7. The van der Waals surface area contributed by atoms with Crippen LogP contribution >= 0.6 is 0 Å². The molecule has 0 saturated heterocycles. The van der Waals surface area contributed by atoms with E-state index < -0.39 is 5.97 Å². The van der Waals surface area contributed by atoms with Crippen molar-refractivity contribution >= 4 is 29.4 Å². The zero-order valence-electron chi connectivity index (χ0n) is 25.0. The lowest BCUT2D eigenvalue weighted by Gasteiger charge is -2.30. The van der Waals surface area contributed by atoms with Crippen LogP contribution in [0.25, 0.3) is 0 Å². The Morgan fingerprint density at radius 1 is 1.00 bits per heavy atom. The summed E-state index contributed by atoms with van der Waals surface area (Å²) in [4.78, 5) is 46.7. The molecule has 3 aromatic rings. The van der Waals surface area contributed by atoms with Crippen LogP contribution in [0.5, 0.6) is 11.5 Å². The van der Waals surface area contributed by atoms with Gasteiger partial charge in [-0.25, -0.2) is 9.79 Å². The van der Waals surface area contributed by atoms with E-state index in [4.69, 9.17) is 14.5 Å². The molecule has 224 valence electrons. The Morgan fingerprint density at radius 3 is 2.47 bits per heavy atom. The number of benzene rings is 3. The highest BCUT2D eigenvalue weighted by Crippen LogP contribution is 2.31. The number of aliphatic imine (C=N–C) groups is 1. The van der Waals surface area contributed by atoms with E-state index in [-0.39, 0.29) is 24.3 Å². The Balaban J connectivity index is 1.26. The summed E-state index contributed by atoms with van der Waals surface area (Å²) in [5.74, 6) is 1.47. The van der Waals surface area contributed by atoms with E-state index >= 15 is 0 Å². The number of carbonyl (C=O) groups is 3. The first-order chi connectivity index (χ1) is 20.8. The molecule has 0 bridgehead atoms. The Morgan fingerprint density at radius 2 is 1.74 bits per heavy atom. The number of esters is 1. The first kappa shape index (κ1) is 29.8. The molecule has 3 aromatic carbocycles. The number of ether oxygens (including phenoxy) is 2. The van der Waals surface area contributed by atoms with Gasteiger partial charge in [0.2, 0.25) is 11.9 Å². The second-order valence-corrected chi connectivity index (χ2v) is 11.3. The largest absolute Gasteiger partial charge is 0.494 e. The first-order valence-electron chi connectivity index (χ1n) is 14.7. The molecule has 0 radical (unpaired) electrons. The molecule has 1 saturated carbocycles. The van der Waals surface area contributed by atoms with Crippen LogP contribution in [-0.4, -0.2) is 60.3 Å². The minimum Gasteiger partial charge on any atom is -0.494 e. The van der Waals surface area contributed by atoms with Crippen molar-refractivity contribution in [3.8, 4) is 11.5 Å². The van der Waals surface area contributed by atoms with Crippen LogP contribution in [-0.2, 0) is 16.1 Å². The third-order valence-electron chi connectivity index (χ3n) is 7.60. The van der Waals surface area contributed by atoms with Crippen LogP contribution in [0.4, 0.5) is 5.69 Å². The minimum atomic E-state index is -0.466. The van der Waals surface area contributed by atoms with Gasteiger partial charge in [-0.1, -0.05) is 36.4 Å². The smallest absolute Gasteiger partial charge is 0.331 e. The zero-order chi connectivity index (χ0) is 30.3. The van der Waals surface area contributed by atoms with Crippen molar-refractivity contribution in [1.82, 2.24) is 15.1 Å². The van der Waals surface area contributed by atoms with Crippen LogP contribution in [0.2, 0.25) is 0 Å². The van der Waals surface area contributed by atoms with E-state index in [1.807, 2.05) is 68.3 Å². The van der Waals surface area contributed by atoms with E-state index in [1.165, 1.54) is 12.8 Å². The third-order valence-corrected chi connectivity index (χ3v) is 7.60. The highest BCUT2D eigenvalue weighted by Gasteiger charge is 2.26. The molecule has 5 rings (SSSR count). The van der Waals surface area contributed by atoms with Gasteiger partial charge in [-0.2, -0.15) is 0 Å². The molecule has 0 aromatic heterocycles. The summed E-state index contributed by atoms with van der Waals surface area (Å²) in [7, 11) is 1.87. The fourth-order valence-corrected chi connectivity index (χ4v) is 5.01. The topological polar surface area (TPSA) is 101 Å². The van der Waals surface area contributed by atoms with E-state index in [0.29, 0.717) is 54.7 Å². The van der Waals surface area contributed by atoms with Gasteiger partial charge in [-0.05, 0) is 80.5 Å². The van der Waals surface area contributed by atoms with Crippen LogP contribution < -0.4 is 14.8 Å². The molecular formula is C34H38N4O5. The summed E-state index contributed by atoms with van der Waals surface area (Å²) in [6.07, 6.45) is 3.50. The summed E-state index contributed by atoms with van der Waals surface area (Å²) in [6, 6.07) is 20.1. The van der Waals surface area contributed by atoms with Gasteiger partial charge in [0.05, 0.1) is 12.3 Å². The molecule has 43 heavy (non-hydrogen) atoms. The van der Waals surface area contributed by atoms with Crippen molar-refractivity contribution in [2.24, 2.45) is 10.9 Å². The second kappa shape index (κ2) is 13.5. The van der Waals surface area contributed by atoms with Crippen molar-refractivity contribution in [2.75, 3.05) is 26.7 Å². The molecule has 1 aliphatic carbocycles. The van der Waals surface area contributed by atoms with Gasteiger partial charge >= 0.3 is 5.97 Å². The van der Waals surface area contributed by atoms with E-state index in [0.717, 1.165) is 23.2 Å². The summed E-state index contributed by atoms with van der Waals surface area (Å²) in [6.45, 7) is 5.23. The predicted octanol–water partition coefficient (Wildman–Crippen LogP) is 5.17. The van der Waals surface area contributed by atoms with E-state index in [2.05, 4.69) is 5.32 Å². The monoisotopic (exact) mass is 582 g/mol. The van der Waals surface area contributed by atoms with Crippen molar-refractivity contribution < 1.29 is 23.9 Å². The number of amides is 2. The SMILES string of the molecule is Cc1cccc(C)c1OC(=O)CN1Cc2cc(OCCCC(=O)N(C)CC3CC3)ccc2N=C1NC(=O)c1ccccc1. The highest BCUT2D eigenvalue weighted by molar-refractivity contribution is 6.07. The van der Waals surface area contributed by atoms with Gasteiger partial charge in [0.1, 0.15) is 18.0 Å². The average molecular weight is 583 g/mol. The van der Waals surface area contributed by atoms with Crippen LogP contribution in [0.1, 0.15) is 52.7 Å². The van der Waals surface area contributed by atoms with Gasteiger partial charge < -0.3 is 19.3 Å². The van der Waals surface area contributed by atoms with Crippen molar-refractivity contribution in [1.29, 1.82) is 0 Å². The van der Waals surface area contributed by atoms with Gasteiger partial charge in [0.15, 0.2) is 0 Å². The zero-order valence-corrected chi connectivity index (χ0v) is 25.0. The van der Waals surface area contributed by atoms with Gasteiger partial charge in [0, 0.05) is 37.7 Å². The lowest BCUT2D eigenvalue weighted by atomic mass is 10.1. The number of rotatable bonds is 11. The number of hydrogen-bond donors (Lipinski definition) is 1. The number of nitrogens with one attached hydrogen (secondary N) is 1. The first-order valence-corrected chi connectivity index (χ1v) is 14.7. The summed E-state index contributed by atoms with van der Waals surface area (Å²) in [5, 5.41) is 2.87. The molecule has 2 aliphatic rings. The molecule has 0 spiro atoms. The highest BCUT2D eigenvalue weighted by atomic mass is 16.5. The maximum atomic E-state index is 13.1. The number of para-hydroxylation sites is 1. The normalized spacial score (nSPS) is 13.9. The molecule has 9 heteroatoms. The maximum Gasteiger partial charge on any atom is 0.331 e. The van der Waals surface area contributed by atoms with E-state index in [1.54, 1.807) is 29.2 Å². The van der Waals surface area contributed by atoms with Crippen LogP contribution in [0.3, 0.4) is 0 Å². The quantitative estimate of drug-likeness (QED) is 0.190. The number of hydrogen-bond acceptors (Lipinski definition) is 7. The Labute approximate surface area is 252 Å². The fraction of sp³-hybridized carbons (Fsp3) is 0.353. The van der Waals surface area contributed by atoms with Crippen molar-refractivity contribution in [2.45, 2.75) is 46.1 Å². The fourth-order valence-electron chi connectivity index (χ4n) is 5.01. The minimum absolute atomic E-state index is 0.122. The Kier molecular flexibility index (Phi) is 9.39. The van der Waals surface area contributed by atoms with Crippen LogP contribution in [0.15, 0.2) is 71.7 Å². The maximum absolute atomic E-state index is 13.1. The van der Waals surface area contributed by atoms with Crippen LogP contribution in [0, 0.1) is 19.8 Å². The predicted molar refractivity (Wildman–Crippen MR) is 164 cm³/mol. The van der Waals surface area contributed by atoms with Gasteiger partial charge in [-0.15, -0.1) is 0 Å². The standard InChI is InChI=1S/C34H38N4O5/c1-23-9-7-10-24(2)32(23)43-31(40)22-38-21-27-19-28(42-18-8-13-30(39)37(3)20-25-14-15-25)16-17-29(27)35-34(38)36-33(41)26-11-5-4-6-12-26/h4-7,9-12,16-17,19,25H,8,13-15,18,20-22H2,1-3H3,(H,35,36,41). The molecule has 2 amide bonds. The Hall–Kier alpha value is -4.66. The number of guanidine groups is 1. The molecule has 1 heterocycles. The van der Waals surface area contributed by atoms with Crippen molar-refractivity contribution in [3.05, 3.63) is 89.0 Å². The summed E-state index contributed by atoms with van der Waals surface area (Å²) >= 11 is 0. The van der Waals surface area contributed by atoms with Gasteiger partial charge in [-0.3, -0.25) is 14.9 Å². The van der Waals surface area contributed by atoms with E-state index in [9.17, 15) is 14.4 Å². The molecule has 1 fully saturated rings. The molecule has 1 N–H and O–H groups in total. The number of carbonyl (C=O) groups excluding carboxylic acids is 3. The second-order valence-electron chi connectivity index (χ2n) is 11.3. The number of nitrogens with zero attached hydrogens (tertiary/aromatic N) is 3.